The van der Waals surface area contributed by atoms with E-state index in [2.05, 4.69) is 21.2 Å². The summed E-state index contributed by atoms with van der Waals surface area (Å²) in [5.74, 6) is -0.580. The lowest BCUT2D eigenvalue weighted by atomic mass is 10.2. The first kappa shape index (κ1) is 17.4. The molecule has 0 aliphatic carbocycles. The molecule has 0 saturated heterocycles. The van der Waals surface area contributed by atoms with Crippen molar-refractivity contribution >= 4 is 50.5 Å². The summed E-state index contributed by atoms with van der Waals surface area (Å²) in [5.41, 5.74) is 0.423. The van der Waals surface area contributed by atoms with E-state index in [1.165, 1.54) is 23.1 Å². The van der Waals surface area contributed by atoms with E-state index in [0.717, 1.165) is 15.2 Å². The average molecular weight is 407 g/mol. The monoisotopic (exact) mass is 405 g/mol. The van der Waals surface area contributed by atoms with Gasteiger partial charge in [-0.2, -0.15) is 0 Å². The maximum atomic E-state index is 13.0. The second-order valence-electron chi connectivity index (χ2n) is 5.06. The number of nitrogens with one attached hydrogen (secondary N) is 2. The van der Waals surface area contributed by atoms with Crippen LogP contribution in [-0.2, 0) is 11.3 Å². The first-order chi connectivity index (χ1) is 10.4. The van der Waals surface area contributed by atoms with Crippen molar-refractivity contribution in [3.05, 3.63) is 49.8 Å². The number of benzene rings is 1. The van der Waals surface area contributed by atoms with Gasteiger partial charge in [-0.15, -0.1) is 11.3 Å². The van der Waals surface area contributed by atoms with Crippen molar-refractivity contribution in [2.45, 2.75) is 19.5 Å². The Morgan fingerprint density at radius 1 is 1.45 bits per heavy atom. The second kappa shape index (κ2) is 7.55. The molecule has 3 nitrogen and oxygen atoms in total. The SMILES string of the molecule is C[C@@H](C(=O)Nc1ccc(F)cc1Cl)[NH+](C)Cc1ccc(Br)s1. The fourth-order valence-corrected chi connectivity index (χ4v) is 3.72. The zero-order chi connectivity index (χ0) is 16.3. The van der Waals surface area contributed by atoms with Gasteiger partial charge in [0.05, 0.1) is 26.4 Å². The Balaban J connectivity index is 1.98. The van der Waals surface area contributed by atoms with Gasteiger partial charge in [-0.1, -0.05) is 11.6 Å². The number of anilines is 1. The molecule has 0 spiro atoms. The van der Waals surface area contributed by atoms with Crippen LogP contribution in [0.5, 0.6) is 0 Å². The maximum absolute atomic E-state index is 13.0. The molecule has 1 amide bonds. The number of likely N-dealkylation sites (N-methyl/N-ethyl adjacent to an activating group) is 1. The Hall–Kier alpha value is -0.950. The van der Waals surface area contributed by atoms with Crippen LogP contribution in [0.1, 0.15) is 11.8 Å². The Bertz CT molecular complexity index is 679. The molecule has 0 bridgehead atoms. The van der Waals surface area contributed by atoms with Crippen LogP contribution in [0.2, 0.25) is 5.02 Å². The van der Waals surface area contributed by atoms with Crippen LogP contribution in [0, 0.1) is 5.82 Å². The van der Waals surface area contributed by atoms with Crippen molar-refractivity contribution < 1.29 is 14.1 Å². The summed E-state index contributed by atoms with van der Waals surface area (Å²) in [6.07, 6.45) is 0. The van der Waals surface area contributed by atoms with Gasteiger partial charge in [0.25, 0.3) is 5.91 Å². The van der Waals surface area contributed by atoms with Gasteiger partial charge in [0.1, 0.15) is 12.4 Å². The van der Waals surface area contributed by atoms with Crippen LogP contribution in [0.3, 0.4) is 0 Å². The summed E-state index contributed by atoms with van der Waals surface area (Å²) >= 11 is 11.0. The molecule has 7 heteroatoms. The highest BCUT2D eigenvalue weighted by Crippen LogP contribution is 2.23. The van der Waals surface area contributed by atoms with E-state index in [9.17, 15) is 9.18 Å². The molecular formula is C15H16BrClFN2OS+. The molecule has 2 aromatic rings. The van der Waals surface area contributed by atoms with Gasteiger partial charge < -0.3 is 10.2 Å². The minimum Gasteiger partial charge on any atom is -0.323 e. The van der Waals surface area contributed by atoms with Crippen LogP contribution < -0.4 is 10.2 Å². The number of hydrogen-bond acceptors (Lipinski definition) is 2. The van der Waals surface area contributed by atoms with Gasteiger partial charge in [0, 0.05) is 0 Å². The molecule has 2 N–H and O–H groups in total. The van der Waals surface area contributed by atoms with E-state index in [-0.39, 0.29) is 17.0 Å². The number of amides is 1. The molecular weight excluding hydrogens is 391 g/mol. The largest absolute Gasteiger partial charge is 0.323 e. The minimum atomic E-state index is -0.429. The van der Waals surface area contributed by atoms with E-state index in [1.807, 2.05) is 26.1 Å². The number of hydrogen-bond donors (Lipinski definition) is 2. The summed E-state index contributed by atoms with van der Waals surface area (Å²) in [7, 11) is 1.96. The normalized spacial score (nSPS) is 13.7. The van der Waals surface area contributed by atoms with Crippen molar-refractivity contribution in [1.82, 2.24) is 0 Å². The molecule has 1 heterocycles. The van der Waals surface area contributed by atoms with Crippen LogP contribution in [0.4, 0.5) is 10.1 Å². The van der Waals surface area contributed by atoms with Gasteiger partial charge in [-0.3, -0.25) is 4.79 Å². The number of quaternary nitrogens is 1. The van der Waals surface area contributed by atoms with Crippen molar-refractivity contribution in [3.63, 3.8) is 0 Å². The van der Waals surface area contributed by atoms with Crippen LogP contribution in [0.25, 0.3) is 0 Å². The minimum absolute atomic E-state index is 0.151. The fraction of sp³-hybridized carbons (Fsp3) is 0.267. The molecule has 2 atom stereocenters. The van der Waals surface area contributed by atoms with E-state index in [4.69, 9.17) is 11.6 Å². The smallest absolute Gasteiger partial charge is 0.282 e. The summed E-state index contributed by atoms with van der Waals surface area (Å²) in [4.78, 5) is 14.6. The van der Waals surface area contributed by atoms with Gasteiger partial charge >= 0.3 is 0 Å². The molecule has 0 aliphatic heterocycles. The highest BCUT2D eigenvalue weighted by Gasteiger charge is 2.23. The van der Waals surface area contributed by atoms with E-state index >= 15 is 0 Å². The Kier molecular flexibility index (Phi) is 5.97. The average Bonchev–Trinajstić information content (AvgIpc) is 2.86. The molecule has 1 aromatic carbocycles. The molecule has 0 radical (unpaired) electrons. The maximum Gasteiger partial charge on any atom is 0.282 e. The molecule has 22 heavy (non-hydrogen) atoms. The summed E-state index contributed by atoms with van der Waals surface area (Å²) in [6.45, 7) is 2.60. The lowest BCUT2D eigenvalue weighted by Crippen LogP contribution is -3.12. The molecule has 1 aromatic heterocycles. The number of rotatable bonds is 5. The van der Waals surface area contributed by atoms with Crippen molar-refractivity contribution in [2.24, 2.45) is 0 Å². The zero-order valence-electron chi connectivity index (χ0n) is 12.1. The highest BCUT2D eigenvalue weighted by atomic mass is 79.9. The van der Waals surface area contributed by atoms with E-state index in [0.29, 0.717) is 5.69 Å². The molecule has 0 fully saturated rings. The number of thiophene rings is 1. The van der Waals surface area contributed by atoms with Crippen molar-refractivity contribution in [1.29, 1.82) is 0 Å². The lowest BCUT2D eigenvalue weighted by molar-refractivity contribution is -0.907. The van der Waals surface area contributed by atoms with Crippen LogP contribution in [-0.4, -0.2) is 19.0 Å². The predicted octanol–water partition coefficient (Wildman–Crippen LogP) is 3.35. The second-order valence-corrected chi connectivity index (χ2v) is 8.02. The van der Waals surface area contributed by atoms with Crippen LogP contribution in [0.15, 0.2) is 34.1 Å². The summed E-state index contributed by atoms with van der Waals surface area (Å²) < 4.78 is 14.1. The van der Waals surface area contributed by atoms with E-state index < -0.39 is 5.82 Å². The van der Waals surface area contributed by atoms with E-state index in [1.54, 1.807) is 11.3 Å². The Morgan fingerprint density at radius 2 is 2.18 bits per heavy atom. The zero-order valence-corrected chi connectivity index (χ0v) is 15.3. The van der Waals surface area contributed by atoms with Gasteiger partial charge in [0.15, 0.2) is 6.04 Å². The van der Waals surface area contributed by atoms with Crippen molar-refractivity contribution in [3.8, 4) is 0 Å². The van der Waals surface area contributed by atoms with Gasteiger partial charge in [-0.05, 0) is 53.2 Å². The quantitative estimate of drug-likeness (QED) is 0.784. The molecule has 0 saturated carbocycles. The number of halogens is 3. The van der Waals surface area contributed by atoms with Crippen molar-refractivity contribution in [2.75, 3.05) is 12.4 Å². The molecule has 0 aliphatic rings. The van der Waals surface area contributed by atoms with Gasteiger partial charge in [0.2, 0.25) is 0 Å². The standard InChI is InChI=1S/C15H15BrClFN2OS/c1-9(20(2)8-11-4-6-14(16)22-11)15(21)19-13-5-3-10(18)7-12(13)17/h3-7,9H,8H2,1-2H3,(H,19,21)/p+1/t9-/m0/s1. The Morgan fingerprint density at radius 3 is 2.77 bits per heavy atom. The molecule has 1 unspecified atom stereocenters. The predicted molar refractivity (Wildman–Crippen MR) is 92.1 cm³/mol. The first-order valence-corrected chi connectivity index (χ1v) is 8.68. The molecule has 118 valence electrons. The van der Waals surface area contributed by atoms with Gasteiger partial charge in [-0.25, -0.2) is 4.39 Å². The number of carbonyl (C=O) groups excluding carboxylic acids is 1. The highest BCUT2D eigenvalue weighted by molar-refractivity contribution is 9.11. The Labute approximate surface area is 146 Å². The third-order valence-corrected chi connectivity index (χ3v) is 5.34. The number of carbonyl (C=O) groups is 1. The summed E-state index contributed by atoms with van der Waals surface area (Å²) in [5, 5.41) is 2.94. The fourth-order valence-electron chi connectivity index (χ4n) is 1.93. The first-order valence-electron chi connectivity index (χ1n) is 6.69. The lowest BCUT2D eigenvalue weighted by Gasteiger charge is -2.20. The molecule has 2 rings (SSSR count). The van der Waals surface area contributed by atoms with Crippen LogP contribution >= 0.6 is 38.9 Å². The summed E-state index contributed by atoms with van der Waals surface area (Å²) in [6, 6.07) is 7.69. The third-order valence-electron chi connectivity index (χ3n) is 3.40. The third kappa shape index (κ3) is 4.52. The topological polar surface area (TPSA) is 33.5 Å².